The van der Waals surface area contributed by atoms with Gasteiger partial charge < -0.3 is 4.90 Å². The average Bonchev–Trinajstić information content (AvgIpc) is 3.38. The van der Waals surface area contributed by atoms with Gasteiger partial charge in [-0.3, -0.25) is 9.69 Å². The fourth-order valence-electron chi connectivity index (χ4n) is 3.92. The molecule has 1 aromatic carbocycles. The number of hydrogen-bond acceptors (Lipinski definition) is 6. The maximum Gasteiger partial charge on any atom is 0.233 e. The van der Waals surface area contributed by atoms with Crippen LogP contribution >= 0.6 is 23.4 Å². The topological polar surface area (TPSA) is 67.2 Å². The monoisotopic (exact) mass is 420 g/mol. The molecule has 0 bridgehead atoms. The van der Waals surface area contributed by atoms with Crippen molar-refractivity contribution in [3.63, 3.8) is 0 Å². The lowest BCUT2D eigenvalue weighted by atomic mass is 10.2. The second kappa shape index (κ2) is 9.24. The highest BCUT2D eigenvalue weighted by Crippen LogP contribution is 2.31. The van der Waals surface area contributed by atoms with Crippen LogP contribution in [0.3, 0.4) is 0 Å². The average molecular weight is 421 g/mol. The summed E-state index contributed by atoms with van der Waals surface area (Å²) in [5, 5.41) is 13.6. The molecule has 2 fully saturated rings. The van der Waals surface area contributed by atoms with Crippen LogP contribution in [0.4, 0.5) is 0 Å². The number of thioether (sulfide) groups is 1. The molecule has 28 heavy (non-hydrogen) atoms. The predicted octanol–water partition coefficient (Wildman–Crippen LogP) is 2.88. The lowest BCUT2D eigenvalue weighted by Gasteiger charge is -2.34. The molecule has 1 amide bonds. The minimum atomic E-state index is 0.161. The van der Waals surface area contributed by atoms with Gasteiger partial charge in [0, 0.05) is 37.7 Å². The van der Waals surface area contributed by atoms with E-state index in [0.29, 0.717) is 11.8 Å². The molecule has 1 aliphatic carbocycles. The van der Waals surface area contributed by atoms with E-state index in [2.05, 4.69) is 26.5 Å². The number of carbonyl (C=O) groups is 1. The normalized spacial score (nSPS) is 18.7. The van der Waals surface area contributed by atoms with E-state index in [1.54, 1.807) is 0 Å². The van der Waals surface area contributed by atoms with Crippen molar-refractivity contribution in [2.24, 2.45) is 0 Å². The van der Waals surface area contributed by atoms with Crippen LogP contribution in [-0.4, -0.2) is 67.8 Å². The summed E-state index contributed by atoms with van der Waals surface area (Å²) in [5.41, 5.74) is 1.21. The van der Waals surface area contributed by atoms with Gasteiger partial charge in [0.25, 0.3) is 0 Å². The van der Waals surface area contributed by atoms with Gasteiger partial charge in [0.2, 0.25) is 11.1 Å². The van der Waals surface area contributed by atoms with E-state index in [-0.39, 0.29) is 5.91 Å². The van der Waals surface area contributed by atoms with Crippen LogP contribution in [0.1, 0.15) is 37.3 Å². The molecule has 1 aromatic heterocycles. The van der Waals surface area contributed by atoms with Gasteiger partial charge in [-0.2, -0.15) is 0 Å². The molecular weight excluding hydrogens is 396 g/mol. The highest BCUT2D eigenvalue weighted by atomic mass is 35.5. The summed E-state index contributed by atoms with van der Waals surface area (Å²) in [4.78, 5) is 16.9. The van der Waals surface area contributed by atoms with E-state index < -0.39 is 0 Å². The Labute approximate surface area is 174 Å². The number of carbonyl (C=O) groups excluding carboxylic acids is 1. The third-order valence-electron chi connectivity index (χ3n) is 5.48. The van der Waals surface area contributed by atoms with E-state index >= 15 is 0 Å². The number of amides is 1. The zero-order valence-electron chi connectivity index (χ0n) is 15.8. The number of aromatic nitrogens is 4. The van der Waals surface area contributed by atoms with Gasteiger partial charge in [-0.15, -0.1) is 5.10 Å². The van der Waals surface area contributed by atoms with Gasteiger partial charge in [0.15, 0.2) is 0 Å². The number of nitrogens with zero attached hydrogens (tertiary/aromatic N) is 6. The molecule has 0 spiro atoms. The number of halogens is 1. The van der Waals surface area contributed by atoms with Crippen LogP contribution in [0.5, 0.6) is 0 Å². The maximum atomic E-state index is 12.6. The summed E-state index contributed by atoms with van der Waals surface area (Å²) < 4.78 is 1.91. The zero-order chi connectivity index (χ0) is 19.3. The van der Waals surface area contributed by atoms with Crippen molar-refractivity contribution in [3.05, 3.63) is 34.9 Å². The van der Waals surface area contributed by atoms with Crippen LogP contribution in [0.2, 0.25) is 5.02 Å². The molecule has 0 atom stereocenters. The largest absolute Gasteiger partial charge is 0.339 e. The molecular formula is C19H25ClN6OS. The van der Waals surface area contributed by atoms with Crippen LogP contribution in [0.25, 0.3) is 0 Å². The molecule has 4 rings (SSSR count). The molecule has 2 heterocycles. The van der Waals surface area contributed by atoms with Gasteiger partial charge >= 0.3 is 0 Å². The summed E-state index contributed by atoms with van der Waals surface area (Å²) in [6.45, 7) is 4.14. The molecule has 1 saturated heterocycles. The number of tetrazole rings is 1. The highest BCUT2D eigenvalue weighted by Gasteiger charge is 2.24. The van der Waals surface area contributed by atoms with Crippen molar-refractivity contribution in [3.8, 4) is 0 Å². The Balaban J connectivity index is 1.24. The Morgan fingerprint density at radius 3 is 2.71 bits per heavy atom. The highest BCUT2D eigenvalue weighted by molar-refractivity contribution is 7.99. The fraction of sp³-hybridized carbons (Fsp3) is 0.579. The van der Waals surface area contributed by atoms with Gasteiger partial charge in [0.05, 0.1) is 11.8 Å². The second-order valence-electron chi connectivity index (χ2n) is 7.42. The van der Waals surface area contributed by atoms with Crippen LogP contribution in [-0.2, 0) is 11.3 Å². The first kappa shape index (κ1) is 19.7. The summed E-state index contributed by atoms with van der Waals surface area (Å²) in [6, 6.07) is 8.36. The molecule has 2 aromatic rings. The Bertz CT molecular complexity index is 801. The van der Waals surface area contributed by atoms with Crippen molar-refractivity contribution in [2.45, 2.75) is 43.4 Å². The van der Waals surface area contributed by atoms with Gasteiger partial charge in [0.1, 0.15) is 0 Å². The molecule has 0 N–H and O–H groups in total. The molecule has 2 aliphatic rings. The van der Waals surface area contributed by atoms with Crippen LogP contribution in [0, 0.1) is 0 Å². The number of hydrogen-bond donors (Lipinski definition) is 0. The van der Waals surface area contributed by atoms with Gasteiger partial charge in [-0.1, -0.05) is 48.3 Å². The minimum Gasteiger partial charge on any atom is -0.339 e. The van der Waals surface area contributed by atoms with E-state index in [1.165, 1.54) is 30.2 Å². The standard InChI is InChI=1S/C19H25ClN6OS/c20-16-5-3-4-15(12-16)13-24-8-10-25(11-9-24)18(27)14-28-19-21-22-23-26(19)17-6-1-2-7-17/h3-5,12,17H,1-2,6-11,13-14H2. The summed E-state index contributed by atoms with van der Waals surface area (Å²) in [6.07, 6.45) is 4.71. The Kier molecular flexibility index (Phi) is 6.49. The molecule has 7 nitrogen and oxygen atoms in total. The zero-order valence-corrected chi connectivity index (χ0v) is 17.4. The first-order valence-electron chi connectivity index (χ1n) is 9.84. The molecule has 1 aliphatic heterocycles. The lowest BCUT2D eigenvalue weighted by Crippen LogP contribution is -2.48. The Morgan fingerprint density at radius 1 is 1.18 bits per heavy atom. The third kappa shape index (κ3) is 4.85. The number of piperazine rings is 1. The van der Waals surface area contributed by atoms with Crippen molar-refractivity contribution < 1.29 is 4.79 Å². The number of benzene rings is 1. The van der Waals surface area contributed by atoms with Crippen molar-refractivity contribution in [1.29, 1.82) is 0 Å². The first-order chi connectivity index (χ1) is 13.7. The Morgan fingerprint density at radius 2 is 1.96 bits per heavy atom. The summed E-state index contributed by atoms with van der Waals surface area (Å²) in [7, 11) is 0. The van der Waals surface area contributed by atoms with E-state index in [0.717, 1.165) is 55.7 Å². The first-order valence-corrected chi connectivity index (χ1v) is 11.2. The van der Waals surface area contributed by atoms with Crippen molar-refractivity contribution in [2.75, 3.05) is 31.9 Å². The summed E-state index contributed by atoms with van der Waals surface area (Å²) in [5.74, 6) is 0.551. The fourth-order valence-corrected chi connectivity index (χ4v) is 4.99. The lowest BCUT2D eigenvalue weighted by molar-refractivity contribution is -0.130. The predicted molar refractivity (Wildman–Crippen MR) is 109 cm³/mol. The van der Waals surface area contributed by atoms with Gasteiger partial charge in [-0.05, 0) is 41.0 Å². The molecule has 0 radical (unpaired) electrons. The minimum absolute atomic E-state index is 0.161. The quantitative estimate of drug-likeness (QED) is 0.669. The van der Waals surface area contributed by atoms with E-state index in [9.17, 15) is 4.79 Å². The van der Waals surface area contributed by atoms with Crippen LogP contribution < -0.4 is 0 Å². The maximum absolute atomic E-state index is 12.6. The Hall–Kier alpha value is -1.64. The molecule has 0 unspecified atom stereocenters. The smallest absolute Gasteiger partial charge is 0.233 e. The van der Waals surface area contributed by atoms with Crippen molar-refractivity contribution in [1.82, 2.24) is 30.0 Å². The summed E-state index contributed by atoms with van der Waals surface area (Å²) >= 11 is 7.52. The van der Waals surface area contributed by atoms with E-state index in [4.69, 9.17) is 11.6 Å². The SMILES string of the molecule is O=C(CSc1nnnn1C1CCCC1)N1CCN(Cc2cccc(Cl)c2)CC1. The van der Waals surface area contributed by atoms with Gasteiger partial charge in [-0.25, -0.2) is 4.68 Å². The molecule has 1 saturated carbocycles. The second-order valence-corrected chi connectivity index (χ2v) is 8.80. The number of rotatable bonds is 6. The van der Waals surface area contributed by atoms with Crippen molar-refractivity contribution >= 4 is 29.3 Å². The van der Waals surface area contributed by atoms with E-state index in [1.807, 2.05) is 27.8 Å². The third-order valence-corrected chi connectivity index (χ3v) is 6.63. The molecule has 150 valence electrons. The molecule has 9 heteroatoms. The van der Waals surface area contributed by atoms with Crippen LogP contribution in [0.15, 0.2) is 29.4 Å².